The number of nitrogens with zero attached hydrogens (tertiary/aromatic N) is 2. The zero-order chi connectivity index (χ0) is 24.7. The minimum atomic E-state index is -1.97. The Balaban J connectivity index is 1.76. The van der Waals surface area contributed by atoms with Crippen molar-refractivity contribution in [2.45, 2.75) is 35.4 Å². The number of likely N-dealkylation sites (tertiary alicyclic amines) is 2. The summed E-state index contributed by atoms with van der Waals surface area (Å²) in [6.45, 7) is 1.97. The minimum Gasteiger partial charge on any atom is -0.508 e. The van der Waals surface area contributed by atoms with Crippen molar-refractivity contribution in [3.63, 3.8) is 0 Å². The van der Waals surface area contributed by atoms with E-state index in [-0.39, 0.29) is 48.0 Å². The zero-order valence-corrected chi connectivity index (χ0v) is 21.8. The molecule has 5 rings (SSSR count). The lowest BCUT2D eigenvalue weighted by Gasteiger charge is -2.50. The summed E-state index contributed by atoms with van der Waals surface area (Å²) < 4.78 is 0. The summed E-state index contributed by atoms with van der Waals surface area (Å²) in [5.74, 6) is -5.07. The van der Waals surface area contributed by atoms with Crippen LogP contribution < -0.4 is 0 Å². The minimum absolute atomic E-state index is 0.0898. The van der Waals surface area contributed by atoms with Crippen LogP contribution in [0.3, 0.4) is 0 Å². The predicted octanol–water partition coefficient (Wildman–Crippen LogP) is 3.78. The van der Waals surface area contributed by atoms with Gasteiger partial charge in [0.25, 0.3) is 11.8 Å². The number of halogens is 4. The number of benzene rings is 1. The van der Waals surface area contributed by atoms with Gasteiger partial charge in [-0.1, -0.05) is 39.2 Å². The van der Waals surface area contributed by atoms with Gasteiger partial charge >= 0.3 is 0 Å². The van der Waals surface area contributed by atoms with Crippen molar-refractivity contribution in [1.82, 2.24) is 9.80 Å². The van der Waals surface area contributed by atoms with E-state index in [0.717, 1.165) is 4.90 Å². The average molecular weight is 591 g/mol. The van der Waals surface area contributed by atoms with Gasteiger partial charge in [-0.15, -0.1) is 23.2 Å². The highest BCUT2D eigenvalue weighted by molar-refractivity contribution is 9.09. The number of amides is 4. The number of rotatable bonds is 3. The molecule has 1 aromatic carbocycles. The van der Waals surface area contributed by atoms with Gasteiger partial charge in [-0.2, -0.15) is 0 Å². The average Bonchev–Trinajstić information content (AvgIpc) is 3.13. The van der Waals surface area contributed by atoms with Crippen molar-refractivity contribution in [3.8, 4) is 5.75 Å². The second-order valence-electron chi connectivity index (χ2n) is 9.11. The van der Waals surface area contributed by atoms with Crippen LogP contribution in [0.25, 0.3) is 0 Å². The number of carbonyl (C=O) groups is 4. The zero-order valence-electron chi connectivity index (χ0n) is 17.9. The number of carbonyl (C=O) groups excluding carboxylic acids is 4. The number of phenols is 1. The third-order valence-corrected chi connectivity index (χ3v) is 9.87. The largest absolute Gasteiger partial charge is 0.508 e. The summed E-state index contributed by atoms with van der Waals surface area (Å²) in [5, 5.41) is 11.1. The molecule has 2 aliphatic carbocycles. The van der Waals surface area contributed by atoms with Gasteiger partial charge in [-0.25, -0.2) is 0 Å². The summed E-state index contributed by atoms with van der Waals surface area (Å²) in [6.07, 6.45) is 2.01. The number of fused-ring (bicyclic) bond motifs is 4. The monoisotopic (exact) mass is 588 g/mol. The fourth-order valence-corrected chi connectivity index (χ4v) is 7.83. The van der Waals surface area contributed by atoms with E-state index in [2.05, 4.69) is 15.9 Å². The molecule has 0 spiro atoms. The van der Waals surface area contributed by atoms with E-state index in [4.69, 9.17) is 34.8 Å². The van der Waals surface area contributed by atoms with Crippen molar-refractivity contribution >= 4 is 74.4 Å². The van der Waals surface area contributed by atoms with Gasteiger partial charge in [-0.05, 0) is 43.9 Å². The molecule has 1 saturated carbocycles. The first-order valence-corrected chi connectivity index (χ1v) is 13.1. The summed E-state index contributed by atoms with van der Waals surface area (Å²) >= 11 is 23.6. The Hall–Kier alpha value is -1.61. The van der Waals surface area contributed by atoms with E-state index in [0.29, 0.717) is 10.6 Å². The fraction of sp³-hybridized carbons (Fsp3) is 0.478. The summed E-state index contributed by atoms with van der Waals surface area (Å²) in [5.41, 5.74) is 0.740. The number of alkyl halides is 3. The number of allylic oxidation sites excluding steroid dienone is 2. The molecule has 4 amide bonds. The molecule has 0 bridgehead atoms. The Kier molecular flexibility index (Phi) is 5.63. The molecule has 11 heteroatoms. The van der Waals surface area contributed by atoms with Crippen molar-refractivity contribution in [3.05, 3.63) is 40.4 Å². The predicted molar refractivity (Wildman–Crippen MR) is 129 cm³/mol. The van der Waals surface area contributed by atoms with Gasteiger partial charge in [-0.3, -0.25) is 29.0 Å². The Labute approximate surface area is 219 Å². The molecule has 1 N–H and O–H groups in total. The number of imide groups is 2. The van der Waals surface area contributed by atoms with Gasteiger partial charge in [0.1, 0.15) is 5.75 Å². The first-order valence-electron chi connectivity index (χ1n) is 10.9. The van der Waals surface area contributed by atoms with E-state index in [1.54, 1.807) is 6.92 Å². The van der Waals surface area contributed by atoms with Crippen LogP contribution in [0.4, 0.5) is 0 Å². The van der Waals surface area contributed by atoms with Crippen molar-refractivity contribution in [2.24, 2.45) is 17.8 Å². The Bertz CT molecular complexity index is 1190. The van der Waals surface area contributed by atoms with Gasteiger partial charge in [0.15, 0.2) is 9.75 Å². The summed E-state index contributed by atoms with van der Waals surface area (Å²) in [4.78, 5) is 51.6. The molecule has 3 fully saturated rings. The van der Waals surface area contributed by atoms with Gasteiger partial charge < -0.3 is 5.11 Å². The van der Waals surface area contributed by atoms with Crippen LogP contribution in [0.1, 0.15) is 31.2 Å². The van der Waals surface area contributed by atoms with Gasteiger partial charge in [0.2, 0.25) is 11.8 Å². The standard InChI is InChI=1S/C23H20BrCl3N2O5/c1-2-28-18(31)12-5-4-11-14(16(12)19(28)32)8-22(26)20(33)29(9-24)21(34)23(22,27)17(11)13-7-10(25)3-6-15(13)30/h3-4,6-7,12,14,16-17,30H,2,5,8-9H2,1H3/t12-,14+,16-,17+,22+,23-/m0/s1. The van der Waals surface area contributed by atoms with Gasteiger partial charge in [0.05, 0.1) is 17.3 Å². The van der Waals surface area contributed by atoms with Crippen LogP contribution in [-0.2, 0) is 19.2 Å². The Morgan fingerprint density at radius 3 is 2.44 bits per heavy atom. The molecule has 0 aromatic heterocycles. The highest BCUT2D eigenvalue weighted by atomic mass is 79.9. The molecule has 0 radical (unpaired) electrons. The van der Waals surface area contributed by atoms with Crippen LogP contribution in [0.5, 0.6) is 5.75 Å². The smallest absolute Gasteiger partial charge is 0.254 e. The Morgan fingerprint density at radius 1 is 1.09 bits per heavy atom. The molecule has 6 atom stereocenters. The van der Waals surface area contributed by atoms with Crippen LogP contribution >= 0.6 is 50.7 Å². The first-order chi connectivity index (χ1) is 16.0. The molecule has 1 aromatic rings. The second-order valence-corrected chi connectivity index (χ2v) is 11.3. The van der Waals surface area contributed by atoms with Crippen molar-refractivity contribution in [1.29, 1.82) is 0 Å². The number of phenolic OH excluding ortho intramolecular Hbond substituents is 1. The fourth-order valence-electron chi connectivity index (χ4n) is 6.23. The van der Waals surface area contributed by atoms with E-state index in [1.807, 2.05) is 6.08 Å². The SMILES string of the molecule is CCN1C(=O)[C@H]2[C@H](CC=C3[C@H]2C[C@@]2(Cl)C(=O)N(CBr)C(=O)[C@@]2(Cl)[C@H]3c2cc(Cl)ccc2O)C1=O. The van der Waals surface area contributed by atoms with E-state index < -0.39 is 45.2 Å². The molecule has 0 unspecified atom stereocenters. The lowest BCUT2D eigenvalue weighted by atomic mass is 9.56. The molecular formula is C23H20BrCl3N2O5. The molecule has 2 saturated heterocycles. The van der Waals surface area contributed by atoms with Gasteiger partial charge in [0, 0.05) is 23.0 Å². The van der Waals surface area contributed by atoms with Crippen LogP contribution in [0, 0.1) is 17.8 Å². The highest BCUT2D eigenvalue weighted by Crippen LogP contribution is 2.66. The lowest BCUT2D eigenvalue weighted by Crippen LogP contribution is -2.60. The number of hydrogen-bond acceptors (Lipinski definition) is 5. The van der Waals surface area contributed by atoms with Crippen LogP contribution in [0.2, 0.25) is 5.02 Å². The maximum absolute atomic E-state index is 13.6. The molecule has 2 aliphatic heterocycles. The molecule has 2 heterocycles. The Morgan fingerprint density at radius 2 is 1.79 bits per heavy atom. The van der Waals surface area contributed by atoms with Crippen molar-refractivity contribution < 1.29 is 24.3 Å². The second kappa shape index (κ2) is 7.95. The van der Waals surface area contributed by atoms with E-state index in [9.17, 15) is 24.3 Å². The lowest BCUT2D eigenvalue weighted by molar-refractivity contribution is -0.141. The summed E-state index contributed by atoms with van der Waals surface area (Å²) in [7, 11) is 0. The number of hydrogen-bond donors (Lipinski definition) is 1. The maximum Gasteiger partial charge on any atom is 0.254 e. The van der Waals surface area contributed by atoms with Crippen molar-refractivity contribution in [2.75, 3.05) is 12.0 Å². The van der Waals surface area contributed by atoms with E-state index >= 15 is 0 Å². The third kappa shape index (κ3) is 2.83. The first kappa shape index (κ1) is 24.1. The highest BCUT2D eigenvalue weighted by Gasteiger charge is 2.76. The number of aromatic hydroxyl groups is 1. The maximum atomic E-state index is 13.6. The summed E-state index contributed by atoms with van der Waals surface area (Å²) in [6, 6.07) is 4.37. The van der Waals surface area contributed by atoms with E-state index in [1.165, 1.54) is 23.1 Å². The topological polar surface area (TPSA) is 95.0 Å². The third-order valence-electron chi connectivity index (χ3n) is 7.72. The van der Waals surface area contributed by atoms with Crippen LogP contribution in [-0.4, -0.2) is 60.3 Å². The normalized spacial score (nSPS) is 37.0. The van der Waals surface area contributed by atoms with Crippen LogP contribution in [0.15, 0.2) is 29.8 Å². The molecule has 4 aliphatic rings. The molecule has 7 nitrogen and oxygen atoms in total. The molecule has 34 heavy (non-hydrogen) atoms. The quantitative estimate of drug-likeness (QED) is 0.250. The molecular weight excluding hydrogens is 571 g/mol. The molecule has 180 valence electrons.